The lowest BCUT2D eigenvalue weighted by molar-refractivity contribution is -0.221. The topological polar surface area (TPSA) is 236 Å². The molecule has 80 heavy (non-hydrogen) atoms. The summed E-state index contributed by atoms with van der Waals surface area (Å²) in [6.45, 7) is 0.688. The molecule has 3 aliphatic rings. The molecule has 6 atom stereocenters. The van der Waals surface area contributed by atoms with Gasteiger partial charge in [0.05, 0.1) is 67.7 Å². The third-order valence-electron chi connectivity index (χ3n) is 14.3. The SMILES string of the molecule is COC(=O)N[C@H](C(=O)N[C@@H](Cc1ccc(C#Cc2cnc(N3CC4CCC(C3)N4C3COC3)nc2)cc1)[C@@H](O)CN(Cc1ccc(C(=N)/C=C\NC(F)F)cc1F)NC(=O)[C@@H](NC(=O)OC)C(C)(C)C(F)(F)F)C(C)(C)C(F)(F)F. The van der Waals surface area contributed by atoms with Gasteiger partial charge in [0, 0.05) is 73.5 Å². The molecule has 6 rings (SSSR count). The number of halogens is 9. The molecular formula is C52H62F9N11O8. The number of amides is 4. The van der Waals surface area contributed by atoms with Crippen LogP contribution >= 0.6 is 0 Å². The molecule has 0 aliphatic carbocycles. The van der Waals surface area contributed by atoms with Gasteiger partial charge in [-0.3, -0.25) is 19.9 Å². The highest BCUT2D eigenvalue weighted by molar-refractivity contribution is 6.06. The predicted octanol–water partition coefficient (Wildman–Crippen LogP) is 5.31. The second-order valence-electron chi connectivity index (χ2n) is 20.5. The molecule has 2 unspecified atom stereocenters. The van der Waals surface area contributed by atoms with Crippen molar-refractivity contribution in [3.63, 3.8) is 0 Å². The molecule has 3 fully saturated rings. The zero-order valence-electron chi connectivity index (χ0n) is 44.3. The fourth-order valence-corrected chi connectivity index (χ4v) is 9.21. The molecule has 19 nitrogen and oxygen atoms in total. The van der Waals surface area contributed by atoms with E-state index in [1.165, 1.54) is 12.1 Å². The van der Waals surface area contributed by atoms with E-state index in [0.717, 1.165) is 83.8 Å². The summed E-state index contributed by atoms with van der Waals surface area (Å²) < 4.78 is 143. The monoisotopic (exact) mass is 1140 g/mol. The first-order chi connectivity index (χ1) is 37.5. The lowest BCUT2D eigenvalue weighted by Crippen LogP contribution is -2.63. The predicted molar refractivity (Wildman–Crippen MR) is 270 cm³/mol. The molecule has 3 saturated heterocycles. The second-order valence-corrected chi connectivity index (χ2v) is 20.5. The molecule has 1 aromatic heterocycles. The van der Waals surface area contributed by atoms with E-state index in [1.807, 2.05) is 10.6 Å². The number of benzene rings is 2. The standard InChI is InChI=1S/C52H62F9N11O8/c1-49(2,51(56,57)58)41(67-47(76)78-5)43(74)66-39(19-30-10-7-29(8-11-30)9-12-31-21-64-46(65-22-31)70-24-34-15-16-35(25-70)72(34)36-27-80-28-36)40(73)26-71(69-44(75)42(68-48(77)79-6)50(3,4)52(59,60)61)23-33-14-13-32(20-37(33)53)38(62)17-18-63-45(54)55/h7-8,10-11,13-14,17-18,20-22,34-36,39-42,45,62-63,73H,15-16,19,23-28H2,1-6H3,(H,66,74)(H,67,76)(H,68,77)(H,69,75)/b18-17-,62-38?/t34?,35?,39-,40-,41+,42+/m0/s1. The molecule has 0 saturated carbocycles. The lowest BCUT2D eigenvalue weighted by Gasteiger charge is -2.47. The number of carbonyl (C=O) groups excluding carboxylic acids is 4. The molecule has 28 heteroatoms. The van der Waals surface area contributed by atoms with E-state index in [4.69, 9.17) is 10.1 Å². The van der Waals surface area contributed by atoms with Crippen LogP contribution in [0.3, 0.4) is 0 Å². The molecule has 0 radical (unpaired) electrons. The number of aromatic nitrogens is 2. The Morgan fingerprint density at radius 3 is 1.88 bits per heavy atom. The van der Waals surface area contributed by atoms with Crippen LogP contribution < -0.4 is 31.6 Å². The van der Waals surface area contributed by atoms with E-state index in [2.05, 4.69) is 51.8 Å². The number of fused-ring (bicyclic) bond motifs is 2. The average Bonchev–Trinajstić information content (AvgIpc) is 3.60. The Bertz CT molecular complexity index is 2760. The van der Waals surface area contributed by atoms with Crippen LogP contribution in [0.25, 0.3) is 0 Å². The fourth-order valence-electron chi connectivity index (χ4n) is 9.21. The first kappa shape index (κ1) is 62.0. The normalized spacial score (nSPS) is 18.6. The van der Waals surface area contributed by atoms with Crippen LogP contribution in [0.5, 0.6) is 0 Å². The van der Waals surface area contributed by atoms with Gasteiger partial charge in [-0.2, -0.15) is 35.1 Å². The van der Waals surface area contributed by atoms with Crippen molar-refractivity contribution >= 4 is 35.7 Å². The van der Waals surface area contributed by atoms with Crippen LogP contribution in [-0.4, -0.2) is 163 Å². The number of aliphatic hydroxyl groups excluding tert-OH is 1. The third-order valence-corrected chi connectivity index (χ3v) is 14.3. The van der Waals surface area contributed by atoms with E-state index in [1.54, 1.807) is 29.8 Å². The van der Waals surface area contributed by atoms with E-state index < -0.39 is 109 Å². The van der Waals surface area contributed by atoms with Crippen LogP contribution in [-0.2, 0) is 36.8 Å². The summed E-state index contributed by atoms with van der Waals surface area (Å²) in [5, 5.41) is 28.6. The van der Waals surface area contributed by atoms with Crippen LogP contribution in [0.4, 0.5) is 55.1 Å². The Morgan fingerprint density at radius 1 is 0.825 bits per heavy atom. The molecule has 3 aliphatic heterocycles. The number of hydrogen-bond donors (Lipinski definition) is 7. The number of hydrazine groups is 1. The molecular weight excluding hydrogens is 1080 g/mol. The van der Waals surface area contributed by atoms with Crippen molar-refractivity contribution in [2.24, 2.45) is 10.8 Å². The quantitative estimate of drug-likeness (QED) is 0.0236. The number of rotatable bonds is 21. The van der Waals surface area contributed by atoms with Gasteiger partial charge in [-0.1, -0.05) is 36.1 Å². The Morgan fingerprint density at radius 2 is 1.38 bits per heavy atom. The molecule has 0 spiro atoms. The Kier molecular flexibility index (Phi) is 20.1. The highest BCUT2D eigenvalue weighted by Crippen LogP contribution is 2.42. The van der Waals surface area contributed by atoms with Crippen molar-refractivity contribution in [1.29, 1.82) is 5.41 Å². The zero-order chi connectivity index (χ0) is 58.9. The number of anilines is 1. The van der Waals surface area contributed by atoms with Gasteiger partial charge in [0.25, 0.3) is 5.91 Å². The van der Waals surface area contributed by atoms with Gasteiger partial charge < -0.3 is 50.9 Å². The molecule has 7 N–H and O–H groups in total. The number of alkyl carbamates (subject to hydrolysis) is 2. The fraction of sp³-hybridized carbons (Fsp3) is 0.519. The van der Waals surface area contributed by atoms with Crippen molar-refractivity contribution < 1.29 is 78.0 Å². The van der Waals surface area contributed by atoms with E-state index in [-0.39, 0.29) is 11.1 Å². The zero-order valence-corrected chi connectivity index (χ0v) is 44.3. The summed E-state index contributed by atoms with van der Waals surface area (Å²) in [5.41, 5.74) is -3.60. The van der Waals surface area contributed by atoms with Crippen molar-refractivity contribution in [3.8, 4) is 11.8 Å². The first-order valence-corrected chi connectivity index (χ1v) is 25.0. The summed E-state index contributed by atoms with van der Waals surface area (Å²) in [5.74, 6) is 2.36. The van der Waals surface area contributed by atoms with E-state index >= 15 is 4.39 Å². The number of hydrogen-bond acceptors (Lipinski definition) is 15. The largest absolute Gasteiger partial charge is 0.453 e. The number of ether oxygens (including phenoxy) is 3. The number of allylic oxidation sites excluding steroid dienone is 1. The maximum absolute atomic E-state index is 15.9. The molecule has 4 amide bonds. The first-order valence-electron chi connectivity index (χ1n) is 25.0. The number of carbonyl (C=O) groups is 4. The van der Waals surface area contributed by atoms with Crippen molar-refractivity contribution in [2.75, 3.05) is 52.0 Å². The maximum atomic E-state index is 15.9. The van der Waals surface area contributed by atoms with Gasteiger partial charge in [-0.05, 0) is 76.8 Å². The van der Waals surface area contributed by atoms with Crippen LogP contribution in [0.1, 0.15) is 68.4 Å². The van der Waals surface area contributed by atoms with Crippen LogP contribution in [0.2, 0.25) is 0 Å². The molecule has 436 valence electrons. The molecule has 2 bridgehead atoms. The Hall–Kier alpha value is -7.22. The highest BCUT2D eigenvalue weighted by Gasteiger charge is 2.57. The molecule has 3 aromatic rings. The summed E-state index contributed by atoms with van der Waals surface area (Å²) in [6.07, 6.45) is -8.70. The number of alkyl halides is 8. The van der Waals surface area contributed by atoms with Crippen LogP contribution in [0, 0.1) is 33.9 Å². The Labute approximate surface area is 454 Å². The minimum atomic E-state index is -5.18. The minimum Gasteiger partial charge on any atom is -0.453 e. The van der Waals surface area contributed by atoms with E-state index in [0.29, 0.717) is 73.5 Å². The van der Waals surface area contributed by atoms with Gasteiger partial charge in [0.2, 0.25) is 11.9 Å². The second kappa shape index (κ2) is 25.9. The van der Waals surface area contributed by atoms with Gasteiger partial charge in [0.15, 0.2) is 0 Å². The van der Waals surface area contributed by atoms with Crippen molar-refractivity contribution in [3.05, 3.63) is 101 Å². The summed E-state index contributed by atoms with van der Waals surface area (Å²) in [7, 11) is 1.65. The number of nitrogens with one attached hydrogen (secondary N) is 6. The number of methoxy groups -OCH3 is 2. The van der Waals surface area contributed by atoms with Gasteiger partial charge in [-0.15, -0.1) is 0 Å². The maximum Gasteiger partial charge on any atom is 0.407 e. The van der Waals surface area contributed by atoms with Crippen molar-refractivity contribution in [2.45, 2.75) is 115 Å². The number of aliphatic hydroxyl groups is 1. The summed E-state index contributed by atoms with van der Waals surface area (Å²) in [4.78, 5) is 66.7. The van der Waals surface area contributed by atoms with Gasteiger partial charge in [-0.25, -0.2) is 29.0 Å². The van der Waals surface area contributed by atoms with Crippen molar-refractivity contribution in [1.82, 2.24) is 46.6 Å². The minimum absolute atomic E-state index is 0.144. The Balaban J connectivity index is 1.29. The summed E-state index contributed by atoms with van der Waals surface area (Å²) >= 11 is 0. The third kappa shape index (κ3) is 15.4. The number of nitrogens with zero attached hydrogens (tertiary/aromatic N) is 5. The van der Waals surface area contributed by atoms with Gasteiger partial charge >= 0.3 is 31.1 Å². The average molecular weight is 1140 g/mol. The molecule has 2 aromatic carbocycles. The highest BCUT2D eigenvalue weighted by atomic mass is 19.4. The summed E-state index contributed by atoms with van der Waals surface area (Å²) in [6, 6.07) is 3.76. The van der Waals surface area contributed by atoms with E-state index in [9.17, 15) is 59.4 Å². The lowest BCUT2D eigenvalue weighted by atomic mass is 9.82. The number of piperazine rings is 1. The molecule has 4 heterocycles. The van der Waals surface area contributed by atoms with Gasteiger partial charge in [0.1, 0.15) is 17.9 Å². The smallest absolute Gasteiger partial charge is 0.407 e. The van der Waals surface area contributed by atoms with Crippen LogP contribution in [0.15, 0.2) is 67.1 Å².